The summed E-state index contributed by atoms with van der Waals surface area (Å²) in [6, 6.07) is 1.97. The van der Waals surface area contributed by atoms with Crippen LogP contribution in [-0.4, -0.2) is 47.3 Å². The molecule has 5 nitrogen and oxygen atoms in total. The first-order valence-electron chi connectivity index (χ1n) is 5.71. The second kappa shape index (κ2) is 5.30. The van der Waals surface area contributed by atoms with Crippen LogP contribution in [0.4, 0.5) is 18.3 Å². The molecule has 0 aliphatic carbocycles. The number of hydrogen-bond acceptors (Lipinski definition) is 6. The van der Waals surface area contributed by atoms with E-state index in [9.17, 15) is 13.2 Å². The third-order valence-corrected chi connectivity index (χ3v) is 4.01. The molecule has 0 aromatic carbocycles. The molecular weight excluding hydrogens is 279 g/mol. The number of halogens is 3. The average molecular weight is 291 g/mol. The number of alkyl halides is 3. The summed E-state index contributed by atoms with van der Waals surface area (Å²) in [6.07, 6.45) is -4.44. The van der Waals surface area contributed by atoms with E-state index in [1.807, 2.05) is 11.8 Å². The molecule has 0 spiro atoms. The lowest BCUT2D eigenvalue weighted by Gasteiger charge is -2.35. The molecular formula is C10H12F3N5S. The van der Waals surface area contributed by atoms with Gasteiger partial charge in [0, 0.05) is 26.2 Å². The van der Waals surface area contributed by atoms with E-state index in [4.69, 9.17) is 5.26 Å². The third-order valence-electron chi connectivity index (χ3n) is 2.98. The van der Waals surface area contributed by atoms with Crippen molar-refractivity contribution in [2.24, 2.45) is 0 Å². The van der Waals surface area contributed by atoms with Gasteiger partial charge < -0.3 is 4.90 Å². The van der Waals surface area contributed by atoms with Crippen LogP contribution in [0, 0.1) is 11.3 Å². The summed E-state index contributed by atoms with van der Waals surface area (Å²) >= 11 is 0.557. The summed E-state index contributed by atoms with van der Waals surface area (Å²) in [4.78, 5) is 3.76. The zero-order chi connectivity index (χ0) is 14.0. The fourth-order valence-electron chi connectivity index (χ4n) is 1.84. The van der Waals surface area contributed by atoms with Gasteiger partial charge in [-0.3, -0.25) is 4.90 Å². The molecule has 19 heavy (non-hydrogen) atoms. The maximum Gasteiger partial charge on any atom is 0.445 e. The minimum atomic E-state index is -4.44. The lowest BCUT2D eigenvalue weighted by atomic mass is 10.2. The van der Waals surface area contributed by atoms with Crippen molar-refractivity contribution in [3.05, 3.63) is 5.01 Å². The van der Waals surface area contributed by atoms with Gasteiger partial charge in [0.15, 0.2) is 0 Å². The lowest BCUT2D eigenvalue weighted by molar-refractivity contribution is -0.138. The Hall–Kier alpha value is -1.40. The lowest BCUT2D eigenvalue weighted by Crippen LogP contribution is -2.49. The van der Waals surface area contributed by atoms with Crippen LogP contribution < -0.4 is 4.90 Å². The number of nitriles is 1. The zero-order valence-corrected chi connectivity index (χ0v) is 11.0. The quantitative estimate of drug-likeness (QED) is 0.828. The molecule has 0 N–H and O–H groups in total. The van der Waals surface area contributed by atoms with Crippen molar-refractivity contribution in [2.45, 2.75) is 19.1 Å². The van der Waals surface area contributed by atoms with Crippen LogP contribution in [0.5, 0.6) is 0 Å². The molecule has 1 unspecified atom stereocenters. The van der Waals surface area contributed by atoms with E-state index in [1.165, 1.54) is 0 Å². The van der Waals surface area contributed by atoms with E-state index in [1.54, 1.807) is 4.90 Å². The van der Waals surface area contributed by atoms with Gasteiger partial charge in [0.2, 0.25) is 10.1 Å². The predicted octanol–water partition coefficient (Wildman–Crippen LogP) is 1.59. The monoisotopic (exact) mass is 291 g/mol. The van der Waals surface area contributed by atoms with Crippen molar-refractivity contribution in [1.82, 2.24) is 15.1 Å². The first-order chi connectivity index (χ1) is 8.91. The highest BCUT2D eigenvalue weighted by molar-refractivity contribution is 7.15. The summed E-state index contributed by atoms with van der Waals surface area (Å²) in [7, 11) is 0. The largest absolute Gasteiger partial charge is 0.445 e. The zero-order valence-electron chi connectivity index (χ0n) is 10.2. The second-order valence-corrected chi connectivity index (χ2v) is 5.17. The molecule has 104 valence electrons. The molecule has 2 heterocycles. The molecule has 1 atom stereocenters. The normalized spacial score (nSPS) is 19.2. The molecule has 1 aliphatic rings. The number of piperazine rings is 1. The smallest absolute Gasteiger partial charge is 0.344 e. The van der Waals surface area contributed by atoms with Crippen LogP contribution in [0.15, 0.2) is 0 Å². The number of anilines is 1. The van der Waals surface area contributed by atoms with Gasteiger partial charge in [-0.2, -0.15) is 18.4 Å². The van der Waals surface area contributed by atoms with E-state index in [0.717, 1.165) is 0 Å². The van der Waals surface area contributed by atoms with E-state index < -0.39 is 11.2 Å². The van der Waals surface area contributed by atoms with Gasteiger partial charge >= 0.3 is 6.18 Å². The molecule has 0 amide bonds. The summed E-state index contributed by atoms with van der Waals surface area (Å²) in [5.41, 5.74) is 0. The van der Waals surface area contributed by atoms with E-state index >= 15 is 0 Å². The van der Waals surface area contributed by atoms with Crippen molar-refractivity contribution in [3.8, 4) is 6.07 Å². The van der Waals surface area contributed by atoms with Gasteiger partial charge in [0.25, 0.3) is 0 Å². The Morgan fingerprint density at radius 1 is 1.26 bits per heavy atom. The Labute approximate surface area is 112 Å². The van der Waals surface area contributed by atoms with Gasteiger partial charge in [-0.05, 0) is 6.92 Å². The molecule has 0 bridgehead atoms. The van der Waals surface area contributed by atoms with Gasteiger partial charge in [-0.25, -0.2) is 0 Å². The summed E-state index contributed by atoms with van der Waals surface area (Å²) in [5.74, 6) is 0. The fourth-order valence-corrected chi connectivity index (χ4v) is 2.60. The Morgan fingerprint density at radius 3 is 2.37 bits per heavy atom. The Kier molecular flexibility index (Phi) is 3.91. The Bertz CT molecular complexity index is 472. The van der Waals surface area contributed by atoms with E-state index in [-0.39, 0.29) is 11.2 Å². The summed E-state index contributed by atoms with van der Waals surface area (Å²) in [5, 5.41) is 14.9. The first-order valence-corrected chi connectivity index (χ1v) is 6.53. The first kappa shape index (κ1) is 14.0. The Balaban J connectivity index is 1.99. The summed E-state index contributed by atoms with van der Waals surface area (Å²) < 4.78 is 37.3. The number of hydrogen-bond donors (Lipinski definition) is 0. The minimum absolute atomic E-state index is 0.178. The van der Waals surface area contributed by atoms with Crippen LogP contribution in [0.25, 0.3) is 0 Å². The van der Waals surface area contributed by atoms with Gasteiger partial charge in [-0.1, -0.05) is 11.3 Å². The van der Waals surface area contributed by atoms with Crippen molar-refractivity contribution >= 4 is 16.5 Å². The molecule has 1 aliphatic heterocycles. The maximum atomic E-state index is 12.4. The maximum absolute atomic E-state index is 12.4. The third kappa shape index (κ3) is 3.13. The number of rotatable bonds is 2. The topological polar surface area (TPSA) is 56.1 Å². The van der Waals surface area contributed by atoms with Crippen LogP contribution >= 0.6 is 11.3 Å². The SMILES string of the molecule is CC(C#N)N1CCN(c2nnc(C(F)(F)F)s2)CC1. The predicted molar refractivity (Wildman–Crippen MR) is 63.8 cm³/mol. The van der Waals surface area contributed by atoms with Gasteiger partial charge in [0.1, 0.15) is 0 Å². The van der Waals surface area contributed by atoms with Crippen LogP contribution in [0.3, 0.4) is 0 Å². The van der Waals surface area contributed by atoms with Crippen molar-refractivity contribution in [2.75, 3.05) is 31.1 Å². The molecule has 1 saturated heterocycles. The molecule has 0 radical (unpaired) electrons. The van der Waals surface area contributed by atoms with E-state index in [0.29, 0.717) is 37.5 Å². The van der Waals surface area contributed by atoms with Crippen LogP contribution in [0.2, 0.25) is 0 Å². The molecule has 9 heteroatoms. The highest BCUT2D eigenvalue weighted by Crippen LogP contribution is 2.34. The molecule has 1 aromatic rings. The van der Waals surface area contributed by atoms with Crippen molar-refractivity contribution in [1.29, 1.82) is 5.26 Å². The van der Waals surface area contributed by atoms with Crippen LogP contribution in [-0.2, 0) is 6.18 Å². The van der Waals surface area contributed by atoms with E-state index in [2.05, 4.69) is 16.3 Å². The van der Waals surface area contributed by atoms with Crippen molar-refractivity contribution < 1.29 is 13.2 Å². The minimum Gasteiger partial charge on any atom is -0.344 e. The number of nitrogens with zero attached hydrogens (tertiary/aromatic N) is 5. The Morgan fingerprint density at radius 2 is 1.89 bits per heavy atom. The highest BCUT2D eigenvalue weighted by atomic mass is 32.1. The average Bonchev–Trinajstić information content (AvgIpc) is 2.87. The molecule has 0 saturated carbocycles. The number of aromatic nitrogens is 2. The molecule has 1 fully saturated rings. The highest BCUT2D eigenvalue weighted by Gasteiger charge is 2.36. The van der Waals surface area contributed by atoms with Crippen molar-refractivity contribution in [3.63, 3.8) is 0 Å². The standard InChI is InChI=1S/C10H12F3N5S/c1-7(6-14)17-2-4-18(5-3-17)9-16-15-8(19-9)10(11,12)13/h7H,2-5H2,1H3. The van der Waals surface area contributed by atoms with Gasteiger partial charge in [-0.15, -0.1) is 10.2 Å². The van der Waals surface area contributed by atoms with Gasteiger partial charge in [0.05, 0.1) is 12.1 Å². The fraction of sp³-hybridized carbons (Fsp3) is 0.700. The summed E-state index contributed by atoms with van der Waals surface area (Å²) in [6.45, 7) is 4.19. The van der Waals surface area contributed by atoms with Crippen LogP contribution in [0.1, 0.15) is 11.9 Å². The second-order valence-electron chi connectivity index (χ2n) is 4.22. The molecule has 2 rings (SSSR count). The molecule has 1 aromatic heterocycles.